The Kier molecular flexibility index (Phi) is 9.71. The fourth-order valence-corrected chi connectivity index (χ4v) is 4.21. The first-order chi connectivity index (χ1) is 11.2. The molecule has 1 heterocycles. The van der Waals surface area contributed by atoms with Crippen molar-refractivity contribution in [1.82, 2.24) is 14.8 Å². The summed E-state index contributed by atoms with van der Waals surface area (Å²) >= 11 is 0. The maximum absolute atomic E-state index is 6.31. The van der Waals surface area contributed by atoms with Gasteiger partial charge in [-0.1, -0.05) is 26.2 Å². The maximum Gasteiger partial charge on any atom is 0.154 e. The smallest absolute Gasteiger partial charge is 0.154 e. The molecular weight excluding hydrogens is 359 g/mol. The van der Waals surface area contributed by atoms with Gasteiger partial charge in [-0.3, -0.25) is 0 Å². The minimum Gasteiger partial charge on any atom is -0.380 e. The van der Waals surface area contributed by atoms with E-state index in [1.807, 2.05) is 0 Å². The molecule has 0 bridgehead atoms. The van der Waals surface area contributed by atoms with Gasteiger partial charge in [0.25, 0.3) is 0 Å². The number of aromatic nitrogens is 3. The molecule has 2 saturated carbocycles. The second-order valence-electron chi connectivity index (χ2n) is 7.33. The van der Waals surface area contributed by atoms with Gasteiger partial charge in [0.1, 0.15) is 5.82 Å². The number of aryl methyl sites for hydroxylation is 1. The van der Waals surface area contributed by atoms with E-state index in [2.05, 4.69) is 11.6 Å². The Balaban J connectivity index is 0.00000156. The van der Waals surface area contributed by atoms with Gasteiger partial charge in [0.2, 0.25) is 0 Å². The van der Waals surface area contributed by atoms with Crippen LogP contribution in [0.3, 0.4) is 0 Å². The van der Waals surface area contributed by atoms with Crippen molar-refractivity contribution < 1.29 is 4.74 Å². The predicted octanol–water partition coefficient (Wildman–Crippen LogP) is 4.19. The van der Waals surface area contributed by atoms with E-state index < -0.39 is 0 Å². The Hall–Kier alpha value is -0.360. The van der Waals surface area contributed by atoms with Crippen molar-refractivity contribution in [3.63, 3.8) is 0 Å². The Morgan fingerprint density at radius 1 is 1.12 bits per heavy atom. The lowest BCUT2D eigenvalue weighted by Gasteiger charge is -2.32. The summed E-state index contributed by atoms with van der Waals surface area (Å²) in [6.07, 6.45) is 10.8. The largest absolute Gasteiger partial charge is 0.380 e. The van der Waals surface area contributed by atoms with Gasteiger partial charge in [0.15, 0.2) is 5.82 Å². The predicted molar refractivity (Wildman–Crippen MR) is 106 cm³/mol. The first kappa shape index (κ1) is 22.7. The van der Waals surface area contributed by atoms with Crippen molar-refractivity contribution in [2.45, 2.75) is 95.2 Å². The number of unbranched alkanes of at least 4 members (excludes halogenated alkanes) is 1. The lowest BCUT2D eigenvalue weighted by molar-refractivity contribution is 0.0479. The molecular formula is C18H34Cl2N4O. The third kappa shape index (κ3) is 5.31. The zero-order chi connectivity index (χ0) is 16.2. The first-order valence-corrected chi connectivity index (χ1v) is 9.46. The monoisotopic (exact) mass is 392 g/mol. The van der Waals surface area contributed by atoms with Crippen LogP contribution in [0.25, 0.3) is 0 Å². The van der Waals surface area contributed by atoms with Crippen molar-refractivity contribution in [3.05, 3.63) is 11.6 Å². The van der Waals surface area contributed by atoms with Gasteiger partial charge >= 0.3 is 0 Å². The normalized spacial score (nSPS) is 26.9. The Morgan fingerprint density at radius 2 is 1.84 bits per heavy atom. The molecule has 0 saturated heterocycles. The molecule has 0 radical (unpaired) electrons. The Bertz CT molecular complexity index is 505. The fraction of sp³-hybridized carbons (Fsp3) is 0.889. The molecule has 3 atom stereocenters. The lowest BCUT2D eigenvalue weighted by atomic mass is 9.83. The SMILES string of the molecule is CCCCn1nc(C2CCCC2)nc1[C@H]1CC[C@@H](OC)[C@H](N)C1.Cl.Cl. The minimum atomic E-state index is 0. The van der Waals surface area contributed by atoms with Crippen LogP contribution < -0.4 is 5.73 Å². The molecule has 25 heavy (non-hydrogen) atoms. The van der Waals surface area contributed by atoms with Crippen LogP contribution in [-0.2, 0) is 11.3 Å². The molecule has 2 N–H and O–H groups in total. The molecule has 7 heteroatoms. The second kappa shape index (κ2) is 10.7. The number of ether oxygens (including phenoxy) is 1. The summed E-state index contributed by atoms with van der Waals surface area (Å²) in [5.74, 6) is 3.30. The van der Waals surface area contributed by atoms with E-state index in [4.69, 9.17) is 20.6 Å². The van der Waals surface area contributed by atoms with Gasteiger partial charge in [0.05, 0.1) is 6.10 Å². The quantitative estimate of drug-likeness (QED) is 0.787. The van der Waals surface area contributed by atoms with Crippen molar-refractivity contribution in [3.8, 4) is 0 Å². The molecule has 1 aromatic rings. The topological polar surface area (TPSA) is 66.0 Å². The summed E-state index contributed by atoms with van der Waals surface area (Å²) in [4.78, 5) is 5.01. The van der Waals surface area contributed by atoms with Crippen LogP contribution in [0.2, 0.25) is 0 Å². The molecule has 5 nitrogen and oxygen atoms in total. The number of halogens is 2. The average molecular weight is 393 g/mol. The molecule has 0 amide bonds. The summed E-state index contributed by atoms with van der Waals surface area (Å²) in [5, 5.41) is 4.90. The number of nitrogens with two attached hydrogens (primary N) is 1. The lowest BCUT2D eigenvalue weighted by Crippen LogP contribution is -2.41. The molecule has 3 rings (SSSR count). The highest BCUT2D eigenvalue weighted by atomic mass is 35.5. The molecule has 2 fully saturated rings. The van der Waals surface area contributed by atoms with Crippen LogP contribution in [0.5, 0.6) is 0 Å². The van der Waals surface area contributed by atoms with Crippen molar-refractivity contribution in [2.24, 2.45) is 5.73 Å². The third-order valence-corrected chi connectivity index (χ3v) is 5.66. The number of hydrogen-bond donors (Lipinski definition) is 1. The highest BCUT2D eigenvalue weighted by Gasteiger charge is 2.33. The van der Waals surface area contributed by atoms with Crippen molar-refractivity contribution in [2.75, 3.05) is 7.11 Å². The van der Waals surface area contributed by atoms with E-state index in [1.165, 1.54) is 44.3 Å². The Labute approximate surface area is 164 Å². The number of hydrogen-bond acceptors (Lipinski definition) is 4. The number of methoxy groups -OCH3 is 1. The van der Waals surface area contributed by atoms with Crippen LogP contribution in [0.1, 0.15) is 88.2 Å². The number of rotatable bonds is 6. The third-order valence-electron chi connectivity index (χ3n) is 5.66. The van der Waals surface area contributed by atoms with Gasteiger partial charge in [-0.2, -0.15) is 5.10 Å². The molecule has 2 aliphatic carbocycles. The van der Waals surface area contributed by atoms with Gasteiger partial charge in [-0.25, -0.2) is 9.67 Å². The van der Waals surface area contributed by atoms with E-state index >= 15 is 0 Å². The molecule has 146 valence electrons. The first-order valence-electron chi connectivity index (χ1n) is 9.46. The standard InChI is InChI=1S/C18H32N4O.2ClH/c1-3-4-11-22-18(14-9-10-16(23-2)15(19)12-14)20-17(21-22)13-7-5-6-8-13;;/h13-16H,3-12,19H2,1-2H3;2*1H/t14-,15+,16+;;/m0../s1. The second-order valence-corrected chi connectivity index (χ2v) is 7.33. The molecule has 2 aliphatic rings. The molecule has 0 aromatic carbocycles. The summed E-state index contributed by atoms with van der Waals surface area (Å²) in [5.41, 5.74) is 6.31. The maximum atomic E-state index is 6.31. The van der Waals surface area contributed by atoms with Crippen molar-refractivity contribution >= 4 is 24.8 Å². The number of nitrogens with zero attached hydrogens (tertiary/aromatic N) is 3. The van der Waals surface area contributed by atoms with E-state index in [0.29, 0.717) is 11.8 Å². The van der Waals surface area contributed by atoms with E-state index in [0.717, 1.165) is 31.6 Å². The highest BCUT2D eigenvalue weighted by Crippen LogP contribution is 2.36. The van der Waals surface area contributed by atoms with Crippen LogP contribution in [0, 0.1) is 0 Å². The summed E-state index contributed by atoms with van der Waals surface area (Å²) in [6, 6.07) is 0.116. The van der Waals surface area contributed by atoms with E-state index in [1.54, 1.807) is 7.11 Å². The van der Waals surface area contributed by atoms with Gasteiger partial charge in [-0.15, -0.1) is 24.8 Å². The van der Waals surface area contributed by atoms with Gasteiger partial charge in [0, 0.05) is 31.5 Å². The molecule has 0 unspecified atom stereocenters. The van der Waals surface area contributed by atoms with Crippen molar-refractivity contribution in [1.29, 1.82) is 0 Å². The Morgan fingerprint density at radius 3 is 2.44 bits per heavy atom. The summed E-state index contributed by atoms with van der Waals surface area (Å²) in [6.45, 7) is 3.22. The average Bonchev–Trinajstić information content (AvgIpc) is 3.22. The van der Waals surface area contributed by atoms with E-state index in [9.17, 15) is 0 Å². The summed E-state index contributed by atoms with van der Waals surface area (Å²) in [7, 11) is 1.77. The molecule has 0 aliphatic heterocycles. The van der Waals surface area contributed by atoms with Crippen LogP contribution >= 0.6 is 24.8 Å². The van der Waals surface area contributed by atoms with Gasteiger partial charge in [-0.05, 0) is 38.5 Å². The highest BCUT2D eigenvalue weighted by molar-refractivity contribution is 5.85. The molecule has 0 spiro atoms. The van der Waals surface area contributed by atoms with Crippen LogP contribution in [-0.4, -0.2) is 34.0 Å². The fourth-order valence-electron chi connectivity index (χ4n) is 4.21. The zero-order valence-electron chi connectivity index (χ0n) is 15.5. The van der Waals surface area contributed by atoms with Crippen LogP contribution in [0.4, 0.5) is 0 Å². The van der Waals surface area contributed by atoms with Crippen LogP contribution in [0.15, 0.2) is 0 Å². The zero-order valence-corrected chi connectivity index (χ0v) is 17.2. The minimum absolute atomic E-state index is 0. The summed E-state index contributed by atoms with van der Waals surface area (Å²) < 4.78 is 7.70. The van der Waals surface area contributed by atoms with E-state index in [-0.39, 0.29) is 37.0 Å². The van der Waals surface area contributed by atoms with Gasteiger partial charge < -0.3 is 10.5 Å². The molecule has 1 aromatic heterocycles.